The van der Waals surface area contributed by atoms with Gasteiger partial charge in [0.05, 0.1) is 0 Å². The van der Waals surface area contributed by atoms with Gasteiger partial charge in [0.1, 0.15) is 0 Å². The highest BCUT2D eigenvalue weighted by atomic mass is 35.5. The van der Waals surface area contributed by atoms with Crippen LogP contribution in [0.3, 0.4) is 0 Å². The lowest BCUT2D eigenvalue weighted by Gasteiger charge is -2.38. The highest BCUT2D eigenvalue weighted by Gasteiger charge is 2.50. The summed E-state index contributed by atoms with van der Waals surface area (Å²) < 4.78 is 23.7. The Balaban J connectivity index is 0.00000169. The predicted molar refractivity (Wildman–Crippen MR) is 109 cm³/mol. The molecule has 3 rings (SSSR count). The van der Waals surface area contributed by atoms with E-state index in [4.69, 9.17) is 0 Å². The summed E-state index contributed by atoms with van der Waals surface area (Å²) in [5.74, 6) is -0.153. The van der Waals surface area contributed by atoms with Crippen molar-refractivity contribution in [2.45, 2.75) is 55.7 Å². The lowest BCUT2D eigenvalue weighted by atomic mass is 9.95. The molecular formula is C17H33Cl2N3O3S. The average Bonchev–Trinajstić information content (AvgIpc) is 2.98. The monoisotopic (exact) mass is 429 g/mol. The third-order valence-electron chi connectivity index (χ3n) is 6.17. The first-order valence-electron chi connectivity index (χ1n) is 9.38. The van der Waals surface area contributed by atoms with E-state index >= 15 is 0 Å². The van der Waals surface area contributed by atoms with Crippen molar-refractivity contribution in [1.82, 2.24) is 15.1 Å². The number of piperidine rings is 1. The molecule has 1 amide bonds. The van der Waals surface area contributed by atoms with Gasteiger partial charge in [-0.05, 0) is 45.2 Å². The number of hydrogen-bond donors (Lipinski definition) is 1. The van der Waals surface area contributed by atoms with Gasteiger partial charge in [-0.2, -0.15) is 0 Å². The van der Waals surface area contributed by atoms with Crippen LogP contribution in [-0.2, 0) is 14.6 Å². The summed E-state index contributed by atoms with van der Waals surface area (Å²) in [5, 5.41) is 3.18. The van der Waals surface area contributed by atoms with Gasteiger partial charge in [-0.25, -0.2) is 8.42 Å². The Bertz CT molecular complexity index is 562. The summed E-state index contributed by atoms with van der Waals surface area (Å²) >= 11 is 0. The minimum absolute atomic E-state index is 0. The average molecular weight is 430 g/mol. The molecule has 0 atom stereocenters. The molecule has 2 heterocycles. The van der Waals surface area contributed by atoms with Gasteiger partial charge in [-0.1, -0.05) is 12.8 Å². The molecule has 9 heteroatoms. The van der Waals surface area contributed by atoms with Crippen molar-refractivity contribution in [3.05, 3.63) is 0 Å². The molecule has 1 N–H and O–H groups in total. The number of rotatable bonds is 3. The topological polar surface area (TPSA) is 69.7 Å². The van der Waals surface area contributed by atoms with E-state index < -0.39 is 14.6 Å². The Morgan fingerprint density at radius 2 is 1.58 bits per heavy atom. The van der Waals surface area contributed by atoms with Crippen LogP contribution in [-0.4, -0.2) is 80.4 Å². The minimum Gasteiger partial charge on any atom is -0.340 e. The van der Waals surface area contributed by atoms with Crippen molar-refractivity contribution in [2.24, 2.45) is 0 Å². The SMILES string of the molecule is CS(=O)(=O)C1(C(=O)N2CCCN(C3CCCC3)CC2)CCNCC1.Cl.Cl. The fourth-order valence-corrected chi connectivity index (χ4v) is 6.03. The van der Waals surface area contributed by atoms with Crippen LogP contribution in [0, 0.1) is 0 Å². The minimum atomic E-state index is -3.42. The van der Waals surface area contributed by atoms with Crippen LogP contribution in [0.5, 0.6) is 0 Å². The highest BCUT2D eigenvalue weighted by Crippen LogP contribution is 2.31. The van der Waals surface area contributed by atoms with Gasteiger partial charge in [0.15, 0.2) is 14.6 Å². The molecule has 6 nitrogen and oxygen atoms in total. The molecule has 26 heavy (non-hydrogen) atoms. The number of hydrogen-bond acceptors (Lipinski definition) is 5. The van der Waals surface area contributed by atoms with Crippen LogP contribution in [0.1, 0.15) is 44.9 Å². The van der Waals surface area contributed by atoms with E-state index in [9.17, 15) is 13.2 Å². The maximum atomic E-state index is 13.2. The predicted octanol–water partition coefficient (Wildman–Crippen LogP) is 1.47. The van der Waals surface area contributed by atoms with Crippen molar-refractivity contribution in [1.29, 1.82) is 0 Å². The summed E-state index contributed by atoms with van der Waals surface area (Å²) in [5.41, 5.74) is 0. The van der Waals surface area contributed by atoms with Crippen LogP contribution in [0.4, 0.5) is 0 Å². The lowest BCUT2D eigenvalue weighted by Crippen LogP contribution is -2.58. The molecule has 0 bridgehead atoms. The summed E-state index contributed by atoms with van der Waals surface area (Å²) in [6, 6.07) is 0.669. The second-order valence-electron chi connectivity index (χ2n) is 7.64. The smallest absolute Gasteiger partial charge is 0.244 e. The Hall–Kier alpha value is -0.0800. The number of carbonyl (C=O) groups is 1. The van der Waals surface area contributed by atoms with E-state index in [0.717, 1.165) is 19.5 Å². The van der Waals surface area contributed by atoms with E-state index in [1.165, 1.54) is 31.9 Å². The van der Waals surface area contributed by atoms with Gasteiger partial charge in [-0.3, -0.25) is 9.69 Å². The van der Waals surface area contributed by atoms with E-state index in [1.54, 1.807) is 0 Å². The number of sulfone groups is 1. The first-order chi connectivity index (χ1) is 11.4. The molecule has 0 unspecified atom stereocenters. The third kappa shape index (κ3) is 4.85. The van der Waals surface area contributed by atoms with E-state index in [-0.39, 0.29) is 30.7 Å². The molecule has 154 valence electrons. The van der Waals surface area contributed by atoms with Crippen molar-refractivity contribution < 1.29 is 13.2 Å². The molecule has 3 aliphatic rings. The van der Waals surface area contributed by atoms with Crippen LogP contribution >= 0.6 is 24.8 Å². The molecular weight excluding hydrogens is 397 g/mol. The van der Waals surface area contributed by atoms with Crippen molar-refractivity contribution in [3.8, 4) is 0 Å². The number of amides is 1. The Morgan fingerprint density at radius 1 is 0.962 bits per heavy atom. The number of nitrogens with zero attached hydrogens (tertiary/aromatic N) is 2. The van der Waals surface area contributed by atoms with E-state index in [2.05, 4.69) is 10.2 Å². The van der Waals surface area contributed by atoms with E-state index in [1.807, 2.05) is 4.90 Å². The Morgan fingerprint density at radius 3 is 2.15 bits per heavy atom. The fourth-order valence-electron chi connectivity index (χ4n) is 4.64. The highest BCUT2D eigenvalue weighted by molar-refractivity contribution is 7.92. The molecule has 2 aliphatic heterocycles. The first kappa shape index (κ1) is 24.0. The van der Waals surface area contributed by atoms with Crippen molar-refractivity contribution in [3.63, 3.8) is 0 Å². The van der Waals surface area contributed by atoms with Gasteiger partial charge in [-0.15, -0.1) is 24.8 Å². The zero-order valence-electron chi connectivity index (χ0n) is 15.6. The molecule has 0 spiro atoms. The Labute approximate surface area is 170 Å². The maximum absolute atomic E-state index is 13.2. The molecule has 2 saturated heterocycles. The molecule has 0 aromatic heterocycles. The third-order valence-corrected chi connectivity index (χ3v) is 8.17. The maximum Gasteiger partial charge on any atom is 0.244 e. The van der Waals surface area contributed by atoms with Gasteiger partial charge < -0.3 is 10.2 Å². The summed E-state index contributed by atoms with van der Waals surface area (Å²) in [6.45, 7) is 4.46. The van der Waals surface area contributed by atoms with Gasteiger partial charge in [0.25, 0.3) is 0 Å². The summed E-state index contributed by atoms with van der Waals surface area (Å²) in [4.78, 5) is 17.6. The number of nitrogens with one attached hydrogen (secondary N) is 1. The summed E-state index contributed by atoms with van der Waals surface area (Å²) in [7, 11) is -3.42. The second-order valence-corrected chi connectivity index (χ2v) is 9.96. The second kappa shape index (κ2) is 9.92. The van der Waals surface area contributed by atoms with Crippen molar-refractivity contribution >= 4 is 40.6 Å². The molecule has 3 fully saturated rings. The van der Waals surface area contributed by atoms with Crippen LogP contribution < -0.4 is 5.32 Å². The van der Waals surface area contributed by atoms with Gasteiger partial charge in [0.2, 0.25) is 5.91 Å². The fraction of sp³-hybridized carbons (Fsp3) is 0.941. The van der Waals surface area contributed by atoms with Crippen LogP contribution in [0.2, 0.25) is 0 Å². The van der Waals surface area contributed by atoms with Gasteiger partial charge >= 0.3 is 0 Å². The molecule has 0 aromatic rings. The van der Waals surface area contributed by atoms with E-state index in [0.29, 0.717) is 45.1 Å². The largest absolute Gasteiger partial charge is 0.340 e. The van der Waals surface area contributed by atoms with Crippen LogP contribution in [0.15, 0.2) is 0 Å². The standard InChI is InChI=1S/C17H31N3O3S.2ClH/c1-24(22,23)17(7-9-18-10-8-17)16(21)20-12-4-11-19(13-14-20)15-5-2-3-6-15;;/h15,18H,2-14H2,1H3;2*1H. The van der Waals surface area contributed by atoms with Crippen molar-refractivity contribution in [2.75, 3.05) is 45.5 Å². The normalized spacial score (nSPS) is 25.0. The summed E-state index contributed by atoms with van der Waals surface area (Å²) in [6.07, 6.45) is 8.14. The molecule has 0 radical (unpaired) electrons. The zero-order chi connectivity index (χ0) is 17.2. The number of carbonyl (C=O) groups excluding carboxylic acids is 1. The zero-order valence-corrected chi connectivity index (χ0v) is 18.1. The number of halogens is 2. The molecule has 0 aromatic carbocycles. The lowest BCUT2D eigenvalue weighted by molar-refractivity contribution is -0.134. The Kier molecular flexibility index (Phi) is 9.14. The van der Waals surface area contributed by atoms with Gasteiger partial charge in [0, 0.05) is 38.5 Å². The first-order valence-corrected chi connectivity index (χ1v) is 11.3. The molecule has 1 aliphatic carbocycles. The van der Waals surface area contributed by atoms with Crippen LogP contribution in [0.25, 0.3) is 0 Å². The quantitative estimate of drug-likeness (QED) is 0.735. The molecule has 1 saturated carbocycles.